The third kappa shape index (κ3) is 5.02. The van der Waals surface area contributed by atoms with Crippen molar-refractivity contribution < 1.29 is 9.21 Å². The van der Waals surface area contributed by atoms with Crippen LogP contribution in [0.5, 0.6) is 0 Å². The summed E-state index contributed by atoms with van der Waals surface area (Å²) in [6.45, 7) is 5.00. The molecule has 1 aromatic carbocycles. The molecule has 0 spiro atoms. The van der Waals surface area contributed by atoms with Crippen molar-refractivity contribution in [3.8, 4) is 11.5 Å². The molecule has 1 saturated carbocycles. The molecule has 2 heterocycles. The highest BCUT2D eigenvalue weighted by Crippen LogP contribution is 2.25. The summed E-state index contributed by atoms with van der Waals surface area (Å²) in [7, 11) is 0. The van der Waals surface area contributed by atoms with Gasteiger partial charge in [0.2, 0.25) is 11.8 Å². The number of amides is 1. The second-order valence-electron chi connectivity index (χ2n) is 8.23. The van der Waals surface area contributed by atoms with E-state index in [4.69, 9.17) is 4.42 Å². The quantitative estimate of drug-likeness (QED) is 0.785. The van der Waals surface area contributed by atoms with Gasteiger partial charge in [-0.3, -0.25) is 4.79 Å². The summed E-state index contributed by atoms with van der Waals surface area (Å²) in [5, 5.41) is 0. The second kappa shape index (κ2) is 9.37. The molecular formula is C23H31N3O2. The van der Waals surface area contributed by atoms with Gasteiger partial charge in [-0.2, -0.15) is 0 Å². The van der Waals surface area contributed by atoms with Gasteiger partial charge >= 0.3 is 0 Å². The van der Waals surface area contributed by atoms with E-state index in [1.165, 1.54) is 38.6 Å². The molecule has 1 aliphatic carbocycles. The van der Waals surface area contributed by atoms with Crippen LogP contribution in [0.2, 0.25) is 0 Å². The molecule has 5 heteroatoms. The van der Waals surface area contributed by atoms with Crippen molar-refractivity contribution in [2.24, 2.45) is 5.92 Å². The Balaban J connectivity index is 1.28. The summed E-state index contributed by atoms with van der Waals surface area (Å²) >= 11 is 0. The zero-order valence-corrected chi connectivity index (χ0v) is 16.7. The van der Waals surface area contributed by atoms with E-state index in [0.717, 1.165) is 44.1 Å². The first-order chi connectivity index (χ1) is 13.8. The van der Waals surface area contributed by atoms with Crippen LogP contribution < -0.4 is 0 Å². The molecule has 2 aromatic rings. The van der Waals surface area contributed by atoms with Crippen LogP contribution >= 0.6 is 0 Å². The van der Waals surface area contributed by atoms with Gasteiger partial charge in [0.25, 0.3) is 0 Å². The van der Waals surface area contributed by atoms with Crippen molar-refractivity contribution in [2.45, 2.75) is 44.9 Å². The Morgan fingerprint density at radius 3 is 2.64 bits per heavy atom. The molecule has 1 aliphatic heterocycles. The lowest BCUT2D eigenvalue weighted by Crippen LogP contribution is -2.37. The predicted octanol–water partition coefficient (Wildman–Crippen LogP) is 4.00. The van der Waals surface area contributed by atoms with Crippen LogP contribution in [0.3, 0.4) is 0 Å². The largest absolute Gasteiger partial charge is 0.444 e. The summed E-state index contributed by atoms with van der Waals surface area (Å²) in [5.41, 5.74) is 1.65. The molecule has 150 valence electrons. The molecule has 1 aromatic heterocycles. The summed E-state index contributed by atoms with van der Waals surface area (Å²) in [5.74, 6) is 1.60. The number of carbonyl (C=O) groups is 1. The minimum atomic E-state index is 0.160. The van der Waals surface area contributed by atoms with Gasteiger partial charge in [-0.25, -0.2) is 4.98 Å². The highest BCUT2D eigenvalue weighted by molar-refractivity contribution is 5.78. The Morgan fingerprint density at radius 2 is 1.82 bits per heavy atom. The van der Waals surface area contributed by atoms with Crippen molar-refractivity contribution in [3.63, 3.8) is 0 Å². The first-order valence-corrected chi connectivity index (χ1v) is 10.8. The number of nitrogens with zero attached hydrogens (tertiary/aromatic N) is 3. The molecule has 1 saturated heterocycles. The van der Waals surface area contributed by atoms with E-state index in [2.05, 4.69) is 9.88 Å². The lowest BCUT2D eigenvalue weighted by molar-refractivity contribution is -0.130. The molecule has 2 fully saturated rings. The summed E-state index contributed by atoms with van der Waals surface area (Å²) in [4.78, 5) is 21.9. The second-order valence-corrected chi connectivity index (χ2v) is 8.23. The van der Waals surface area contributed by atoms with Gasteiger partial charge in [0, 0.05) is 31.7 Å². The minimum absolute atomic E-state index is 0.160. The fourth-order valence-electron chi connectivity index (χ4n) is 4.51. The van der Waals surface area contributed by atoms with E-state index >= 15 is 0 Å². The third-order valence-electron chi connectivity index (χ3n) is 6.09. The fourth-order valence-corrected chi connectivity index (χ4v) is 4.51. The Kier molecular flexibility index (Phi) is 6.42. The van der Waals surface area contributed by atoms with Crippen molar-refractivity contribution >= 4 is 5.91 Å². The van der Waals surface area contributed by atoms with Crippen LogP contribution in [0, 0.1) is 5.92 Å². The van der Waals surface area contributed by atoms with Gasteiger partial charge in [0.05, 0.1) is 12.1 Å². The Bertz CT molecular complexity index is 752. The highest BCUT2D eigenvalue weighted by atomic mass is 16.3. The third-order valence-corrected chi connectivity index (χ3v) is 6.09. The fraction of sp³-hybridized carbons (Fsp3) is 0.565. The molecule has 2 aliphatic rings. The first kappa shape index (κ1) is 19.2. The number of rotatable bonds is 5. The number of benzene rings is 1. The molecular weight excluding hydrogens is 350 g/mol. The molecule has 0 bridgehead atoms. The molecule has 0 unspecified atom stereocenters. The van der Waals surface area contributed by atoms with Crippen LogP contribution in [-0.2, 0) is 11.2 Å². The number of aromatic nitrogens is 1. The average molecular weight is 382 g/mol. The zero-order chi connectivity index (χ0) is 19.2. The van der Waals surface area contributed by atoms with E-state index in [1.807, 2.05) is 35.2 Å². The van der Waals surface area contributed by atoms with Gasteiger partial charge in [-0.1, -0.05) is 37.5 Å². The minimum Gasteiger partial charge on any atom is -0.444 e. The average Bonchev–Trinajstić information content (AvgIpc) is 3.07. The van der Waals surface area contributed by atoms with E-state index in [0.29, 0.717) is 18.0 Å². The molecule has 0 radical (unpaired) electrons. The van der Waals surface area contributed by atoms with E-state index in [-0.39, 0.29) is 5.91 Å². The van der Waals surface area contributed by atoms with Crippen molar-refractivity contribution in [2.75, 3.05) is 32.7 Å². The normalized spacial score (nSPS) is 19.5. The van der Waals surface area contributed by atoms with Crippen molar-refractivity contribution in [1.82, 2.24) is 14.8 Å². The summed E-state index contributed by atoms with van der Waals surface area (Å²) in [6.07, 6.45) is 9.97. The van der Waals surface area contributed by atoms with Gasteiger partial charge in [-0.05, 0) is 43.9 Å². The molecule has 28 heavy (non-hydrogen) atoms. The number of oxazole rings is 1. The van der Waals surface area contributed by atoms with Crippen LogP contribution in [-0.4, -0.2) is 53.4 Å². The summed E-state index contributed by atoms with van der Waals surface area (Å²) in [6, 6.07) is 9.81. The topological polar surface area (TPSA) is 49.6 Å². The number of hydrogen-bond donors (Lipinski definition) is 0. The van der Waals surface area contributed by atoms with Crippen molar-refractivity contribution in [1.29, 1.82) is 0 Å². The zero-order valence-electron chi connectivity index (χ0n) is 16.7. The van der Waals surface area contributed by atoms with Gasteiger partial charge in [0.15, 0.2) is 0 Å². The molecule has 5 nitrogen and oxygen atoms in total. The lowest BCUT2D eigenvalue weighted by Gasteiger charge is -2.28. The standard InChI is InChI=1S/C23H31N3O2/c27-22(16-21-18-28-23(24-21)20-10-5-2-6-11-20)26-13-7-12-25(14-15-26)17-19-8-3-1-4-9-19/h2,5-6,10-11,18-19H,1,3-4,7-9,12-17H2. The van der Waals surface area contributed by atoms with Gasteiger partial charge in [-0.15, -0.1) is 0 Å². The lowest BCUT2D eigenvalue weighted by atomic mass is 9.89. The van der Waals surface area contributed by atoms with Crippen molar-refractivity contribution in [3.05, 3.63) is 42.3 Å². The highest BCUT2D eigenvalue weighted by Gasteiger charge is 2.23. The van der Waals surface area contributed by atoms with E-state index in [9.17, 15) is 4.79 Å². The Labute approximate surface area is 167 Å². The van der Waals surface area contributed by atoms with Crippen LogP contribution in [0.1, 0.15) is 44.2 Å². The molecule has 1 amide bonds. The van der Waals surface area contributed by atoms with Crippen LogP contribution in [0.4, 0.5) is 0 Å². The van der Waals surface area contributed by atoms with Gasteiger partial charge in [0.1, 0.15) is 6.26 Å². The van der Waals surface area contributed by atoms with Crippen LogP contribution in [0.25, 0.3) is 11.5 Å². The first-order valence-electron chi connectivity index (χ1n) is 10.8. The maximum atomic E-state index is 12.8. The van der Waals surface area contributed by atoms with Gasteiger partial charge < -0.3 is 14.2 Å². The monoisotopic (exact) mass is 381 g/mol. The SMILES string of the molecule is O=C(Cc1coc(-c2ccccc2)n1)N1CCCN(CC2CCCCC2)CC1. The van der Waals surface area contributed by atoms with Crippen LogP contribution in [0.15, 0.2) is 41.0 Å². The smallest absolute Gasteiger partial charge is 0.228 e. The Morgan fingerprint density at radius 1 is 1.00 bits per heavy atom. The Hall–Kier alpha value is -2.14. The molecule has 4 rings (SSSR count). The summed E-state index contributed by atoms with van der Waals surface area (Å²) < 4.78 is 5.58. The maximum absolute atomic E-state index is 12.8. The maximum Gasteiger partial charge on any atom is 0.228 e. The number of carbonyl (C=O) groups excluding carboxylic acids is 1. The number of hydrogen-bond acceptors (Lipinski definition) is 4. The van der Waals surface area contributed by atoms with E-state index in [1.54, 1.807) is 6.26 Å². The molecule has 0 atom stereocenters. The molecule has 0 N–H and O–H groups in total. The predicted molar refractivity (Wildman–Crippen MR) is 110 cm³/mol. The van der Waals surface area contributed by atoms with E-state index < -0.39 is 0 Å².